The van der Waals surface area contributed by atoms with Crippen LogP contribution in [0, 0.1) is 5.41 Å². The minimum absolute atomic E-state index is 0.0236. The van der Waals surface area contributed by atoms with Crippen molar-refractivity contribution in [3.8, 4) is 0 Å². The zero-order chi connectivity index (χ0) is 14.0. The summed E-state index contributed by atoms with van der Waals surface area (Å²) in [6, 6.07) is 5.23. The second kappa shape index (κ2) is 5.52. The molecule has 18 heavy (non-hydrogen) atoms. The van der Waals surface area contributed by atoms with Crippen LogP contribution in [-0.2, 0) is 12.6 Å². The summed E-state index contributed by atoms with van der Waals surface area (Å²) in [5, 5.41) is -0.0840. The zero-order valence-electron chi connectivity index (χ0n) is 10.8. The van der Waals surface area contributed by atoms with Crippen molar-refractivity contribution < 1.29 is 13.2 Å². The Balaban J connectivity index is 2.76. The van der Waals surface area contributed by atoms with E-state index in [0.717, 1.165) is 24.1 Å². The van der Waals surface area contributed by atoms with Gasteiger partial charge in [0, 0.05) is 5.38 Å². The van der Waals surface area contributed by atoms with E-state index in [1.165, 1.54) is 12.1 Å². The molecule has 1 aromatic rings. The third-order valence-electron chi connectivity index (χ3n) is 3.46. The molecule has 0 aliphatic rings. The van der Waals surface area contributed by atoms with Gasteiger partial charge in [0.15, 0.2) is 0 Å². The largest absolute Gasteiger partial charge is 0.416 e. The van der Waals surface area contributed by atoms with Crippen LogP contribution in [0.1, 0.15) is 38.3 Å². The second-order valence-corrected chi connectivity index (χ2v) is 5.74. The molecular formula is C14H18ClF3. The van der Waals surface area contributed by atoms with Gasteiger partial charge in [0.25, 0.3) is 0 Å². The average Bonchev–Trinajstić information content (AvgIpc) is 2.28. The molecule has 0 saturated carbocycles. The van der Waals surface area contributed by atoms with Gasteiger partial charge in [-0.25, -0.2) is 0 Å². The van der Waals surface area contributed by atoms with E-state index in [-0.39, 0.29) is 10.8 Å². The molecule has 1 aromatic carbocycles. The summed E-state index contributed by atoms with van der Waals surface area (Å²) in [4.78, 5) is 0. The van der Waals surface area contributed by atoms with Gasteiger partial charge in [0.2, 0.25) is 0 Å². The molecule has 0 nitrogen and oxygen atoms in total. The number of rotatable bonds is 4. The van der Waals surface area contributed by atoms with Gasteiger partial charge in [-0.2, -0.15) is 13.2 Å². The van der Waals surface area contributed by atoms with Crippen molar-refractivity contribution in [2.45, 2.75) is 45.2 Å². The highest BCUT2D eigenvalue weighted by atomic mass is 35.5. The van der Waals surface area contributed by atoms with Gasteiger partial charge in [-0.05, 0) is 36.0 Å². The maximum absolute atomic E-state index is 12.4. The maximum Gasteiger partial charge on any atom is 0.416 e. The fraction of sp³-hybridized carbons (Fsp3) is 0.571. The quantitative estimate of drug-likeness (QED) is 0.656. The minimum Gasteiger partial charge on any atom is -0.166 e. The fourth-order valence-corrected chi connectivity index (χ4v) is 1.87. The van der Waals surface area contributed by atoms with E-state index in [1.807, 2.05) is 0 Å². The molecule has 1 atom stereocenters. The smallest absolute Gasteiger partial charge is 0.166 e. The molecular weight excluding hydrogens is 261 g/mol. The van der Waals surface area contributed by atoms with Crippen LogP contribution in [0.4, 0.5) is 13.2 Å². The lowest BCUT2D eigenvalue weighted by Gasteiger charge is -2.28. The lowest BCUT2D eigenvalue weighted by molar-refractivity contribution is -0.137. The highest BCUT2D eigenvalue weighted by Gasteiger charge is 2.30. The topological polar surface area (TPSA) is 0 Å². The van der Waals surface area contributed by atoms with Gasteiger partial charge in [0.1, 0.15) is 0 Å². The van der Waals surface area contributed by atoms with Crippen molar-refractivity contribution in [3.63, 3.8) is 0 Å². The highest BCUT2D eigenvalue weighted by Crippen LogP contribution is 2.33. The van der Waals surface area contributed by atoms with Crippen molar-refractivity contribution in [3.05, 3.63) is 35.4 Å². The first-order valence-corrected chi connectivity index (χ1v) is 6.40. The Bertz CT molecular complexity index is 379. The molecule has 0 spiro atoms. The molecule has 0 aliphatic heterocycles. The van der Waals surface area contributed by atoms with Crippen LogP contribution in [0.3, 0.4) is 0 Å². The lowest BCUT2D eigenvalue weighted by atomic mass is 9.83. The average molecular weight is 279 g/mol. The van der Waals surface area contributed by atoms with Crippen LogP contribution < -0.4 is 0 Å². The number of hydrogen-bond acceptors (Lipinski definition) is 0. The van der Waals surface area contributed by atoms with Gasteiger partial charge in [-0.1, -0.05) is 32.9 Å². The van der Waals surface area contributed by atoms with E-state index in [4.69, 9.17) is 11.6 Å². The van der Waals surface area contributed by atoms with E-state index in [2.05, 4.69) is 20.8 Å². The summed E-state index contributed by atoms with van der Waals surface area (Å²) in [6.07, 6.45) is -2.76. The molecule has 1 unspecified atom stereocenters. The standard InChI is InChI=1S/C14H18ClF3/c1-4-13(2,3)12(15)9-10-5-7-11(8-6-10)14(16,17)18/h5-8,12H,4,9H2,1-3H3. The van der Waals surface area contributed by atoms with Crippen molar-refractivity contribution in [1.29, 1.82) is 0 Å². The first kappa shape index (κ1) is 15.4. The van der Waals surface area contributed by atoms with Gasteiger partial charge < -0.3 is 0 Å². The maximum atomic E-state index is 12.4. The van der Waals surface area contributed by atoms with Gasteiger partial charge in [0.05, 0.1) is 5.56 Å². The summed E-state index contributed by atoms with van der Waals surface area (Å²) in [7, 11) is 0. The fourth-order valence-electron chi connectivity index (χ4n) is 1.53. The predicted octanol–water partition coefficient (Wildman–Crippen LogP) is 5.29. The first-order valence-electron chi connectivity index (χ1n) is 5.97. The lowest BCUT2D eigenvalue weighted by Crippen LogP contribution is -2.25. The summed E-state index contributed by atoms with van der Waals surface area (Å²) in [5.74, 6) is 0. The molecule has 0 heterocycles. The molecule has 102 valence electrons. The number of hydrogen-bond donors (Lipinski definition) is 0. The third kappa shape index (κ3) is 3.91. The molecule has 0 aliphatic carbocycles. The normalized spacial score (nSPS) is 14.6. The SMILES string of the molecule is CCC(C)(C)C(Cl)Cc1ccc(C(F)(F)F)cc1. The summed E-state index contributed by atoms with van der Waals surface area (Å²) in [5.41, 5.74) is 0.196. The van der Waals surface area contributed by atoms with E-state index in [9.17, 15) is 13.2 Å². The van der Waals surface area contributed by atoms with Crippen molar-refractivity contribution in [2.24, 2.45) is 5.41 Å². The van der Waals surface area contributed by atoms with Gasteiger partial charge >= 0.3 is 6.18 Å². The highest BCUT2D eigenvalue weighted by molar-refractivity contribution is 6.21. The van der Waals surface area contributed by atoms with Crippen LogP contribution in [0.25, 0.3) is 0 Å². The Morgan fingerprint density at radius 1 is 1.11 bits per heavy atom. The van der Waals surface area contributed by atoms with Crippen LogP contribution in [0.5, 0.6) is 0 Å². The Hall–Kier alpha value is -0.700. The van der Waals surface area contributed by atoms with E-state index in [0.29, 0.717) is 6.42 Å². The second-order valence-electron chi connectivity index (χ2n) is 5.21. The Morgan fingerprint density at radius 2 is 1.61 bits per heavy atom. The van der Waals surface area contributed by atoms with Crippen LogP contribution >= 0.6 is 11.6 Å². The summed E-state index contributed by atoms with van der Waals surface area (Å²) < 4.78 is 37.2. The third-order valence-corrected chi connectivity index (χ3v) is 4.20. The molecule has 0 fully saturated rings. The van der Waals surface area contributed by atoms with E-state index < -0.39 is 11.7 Å². The summed E-state index contributed by atoms with van der Waals surface area (Å²) >= 11 is 6.31. The molecule has 0 amide bonds. The molecule has 4 heteroatoms. The van der Waals surface area contributed by atoms with Crippen LogP contribution in [0.15, 0.2) is 24.3 Å². The number of alkyl halides is 4. The number of benzene rings is 1. The number of halogens is 4. The molecule has 1 rings (SSSR count). The summed E-state index contributed by atoms with van der Waals surface area (Å²) in [6.45, 7) is 6.19. The van der Waals surface area contributed by atoms with Crippen LogP contribution in [0.2, 0.25) is 0 Å². The molecule has 0 aromatic heterocycles. The Morgan fingerprint density at radius 3 is 2.00 bits per heavy atom. The molecule has 0 saturated heterocycles. The zero-order valence-corrected chi connectivity index (χ0v) is 11.6. The van der Waals surface area contributed by atoms with Gasteiger partial charge in [-0.3, -0.25) is 0 Å². The molecule has 0 N–H and O–H groups in total. The van der Waals surface area contributed by atoms with Crippen molar-refractivity contribution in [2.75, 3.05) is 0 Å². The van der Waals surface area contributed by atoms with Crippen molar-refractivity contribution in [1.82, 2.24) is 0 Å². The van der Waals surface area contributed by atoms with E-state index in [1.54, 1.807) is 0 Å². The van der Waals surface area contributed by atoms with E-state index >= 15 is 0 Å². The van der Waals surface area contributed by atoms with Crippen molar-refractivity contribution >= 4 is 11.6 Å². The first-order chi connectivity index (χ1) is 8.16. The Labute approximate surface area is 111 Å². The molecule has 0 radical (unpaired) electrons. The monoisotopic (exact) mass is 278 g/mol. The predicted molar refractivity (Wildman–Crippen MR) is 68.9 cm³/mol. The minimum atomic E-state index is -4.28. The van der Waals surface area contributed by atoms with Crippen LogP contribution in [-0.4, -0.2) is 5.38 Å². The van der Waals surface area contributed by atoms with Gasteiger partial charge in [-0.15, -0.1) is 11.6 Å². The molecule has 0 bridgehead atoms. The Kier molecular flexibility index (Phi) is 4.71.